The highest BCUT2D eigenvalue weighted by Crippen LogP contribution is 2.29. The summed E-state index contributed by atoms with van der Waals surface area (Å²) >= 11 is 0. The number of unbranched alkanes of at least 4 members (excludes halogenated alkanes) is 1. The molecule has 0 fully saturated rings. The van der Waals surface area contributed by atoms with Gasteiger partial charge in [0.2, 0.25) is 0 Å². The predicted octanol–water partition coefficient (Wildman–Crippen LogP) is 4.25. The highest BCUT2D eigenvalue weighted by atomic mass is 16.5. The number of pyridine rings is 1. The number of ether oxygens (including phenoxy) is 1. The monoisotopic (exact) mass is 390 g/mol. The molecule has 0 bridgehead atoms. The molecular weight excluding hydrogens is 364 g/mol. The second-order valence-corrected chi connectivity index (χ2v) is 6.86. The zero-order valence-corrected chi connectivity index (χ0v) is 16.9. The minimum atomic E-state index is -0.374. The maximum Gasteiger partial charge on any atom is 0.263 e. The molecule has 1 heterocycles. The van der Waals surface area contributed by atoms with Crippen molar-refractivity contribution in [3.05, 3.63) is 88.3 Å². The first kappa shape index (κ1) is 20.4. The van der Waals surface area contributed by atoms with Crippen molar-refractivity contribution in [3.63, 3.8) is 0 Å². The van der Waals surface area contributed by atoms with Crippen LogP contribution in [0.4, 0.5) is 0 Å². The van der Waals surface area contributed by atoms with Gasteiger partial charge in [0, 0.05) is 30.4 Å². The molecule has 0 unspecified atom stereocenters. The molecular formula is C24H26N2O3. The first-order valence-corrected chi connectivity index (χ1v) is 9.84. The fourth-order valence-electron chi connectivity index (χ4n) is 3.20. The molecule has 0 radical (unpaired) electrons. The van der Waals surface area contributed by atoms with Crippen LogP contribution in [0.15, 0.2) is 71.7 Å². The van der Waals surface area contributed by atoms with Gasteiger partial charge in [0.25, 0.3) is 11.5 Å². The number of aromatic nitrogens is 1. The lowest BCUT2D eigenvalue weighted by Gasteiger charge is -2.14. The Balaban J connectivity index is 1.98. The quantitative estimate of drug-likeness (QED) is 0.625. The van der Waals surface area contributed by atoms with Crippen LogP contribution in [-0.4, -0.2) is 17.6 Å². The molecule has 5 nitrogen and oxygen atoms in total. The second-order valence-electron chi connectivity index (χ2n) is 6.86. The van der Waals surface area contributed by atoms with E-state index in [0.29, 0.717) is 18.8 Å². The summed E-state index contributed by atoms with van der Waals surface area (Å²) in [5.74, 6) is 0.324. The number of aryl methyl sites for hydroxylation is 1. The Bertz CT molecular complexity index is 1030. The van der Waals surface area contributed by atoms with Gasteiger partial charge in [0.15, 0.2) is 0 Å². The van der Waals surface area contributed by atoms with Crippen LogP contribution in [0.2, 0.25) is 0 Å². The Morgan fingerprint density at radius 1 is 1.07 bits per heavy atom. The van der Waals surface area contributed by atoms with Gasteiger partial charge in [-0.3, -0.25) is 9.59 Å². The second kappa shape index (κ2) is 9.73. The Hall–Kier alpha value is -3.34. The Labute approximate surface area is 171 Å². The number of methoxy groups -OCH3 is 1. The van der Waals surface area contributed by atoms with Crippen LogP contribution in [0, 0.1) is 0 Å². The summed E-state index contributed by atoms with van der Waals surface area (Å²) in [5.41, 5.74) is 2.47. The van der Waals surface area contributed by atoms with Crippen molar-refractivity contribution in [2.24, 2.45) is 0 Å². The van der Waals surface area contributed by atoms with Crippen LogP contribution >= 0.6 is 0 Å². The predicted molar refractivity (Wildman–Crippen MR) is 115 cm³/mol. The molecule has 3 aromatic rings. The van der Waals surface area contributed by atoms with E-state index in [0.717, 1.165) is 29.5 Å². The maximum absolute atomic E-state index is 12.9. The molecule has 3 rings (SSSR count). The third-order valence-electron chi connectivity index (χ3n) is 4.80. The number of nitrogens with one attached hydrogen (secondary N) is 1. The maximum atomic E-state index is 12.9. The number of hydrogen-bond acceptors (Lipinski definition) is 3. The average Bonchev–Trinajstić information content (AvgIpc) is 2.77. The first-order chi connectivity index (χ1) is 14.1. The molecule has 0 spiro atoms. The summed E-state index contributed by atoms with van der Waals surface area (Å²) < 4.78 is 7.10. The van der Waals surface area contributed by atoms with Crippen LogP contribution in [0.1, 0.15) is 35.7 Å². The molecule has 5 heteroatoms. The Morgan fingerprint density at radius 3 is 2.52 bits per heavy atom. The van der Waals surface area contributed by atoms with Crippen molar-refractivity contribution in [2.45, 2.75) is 32.9 Å². The van der Waals surface area contributed by atoms with Gasteiger partial charge in [0.1, 0.15) is 11.3 Å². The summed E-state index contributed by atoms with van der Waals surface area (Å²) in [7, 11) is 1.61. The number of nitrogens with zero attached hydrogens (tertiary/aromatic N) is 1. The van der Waals surface area contributed by atoms with E-state index in [1.807, 2.05) is 60.8 Å². The van der Waals surface area contributed by atoms with E-state index in [4.69, 9.17) is 4.74 Å². The van der Waals surface area contributed by atoms with Crippen molar-refractivity contribution in [3.8, 4) is 16.9 Å². The zero-order valence-electron chi connectivity index (χ0n) is 16.9. The molecule has 29 heavy (non-hydrogen) atoms. The lowest BCUT2D eigenvalue weighted by atomic mass is 10.0. The number of rotatable bonds is 8. The van der Waals surface area contributed by atoms with Crippen molar-refractivity contribution >= 4 is 5.91 Å². The van der Waals surface area contributed by atoms with Gasteiger partial charge in [-0.25, -0.2) is 0 Å². The fourth-order valence-corrected chi connectivity index (χ4v) is 3.20. The Morgan fingerprint density at radius 2 is 1.79 bits per heavy atom. The summed E-state index contributed by atoms with van der Waals surface area (Å²) in [6.07, 6.45) is 3.63. The fraction of sp³-hybridized carbons (Fsp3) is 0.250. The van der Waals surface area contributed by atoms with Crippen LogP contribution in [0.25, 0.3) is 11.1 Å². The number of benzene rings is 2. The van der Waals surface area contributed by atoms with Crippen molar-refractivity contribution < 1.29 is 9.53 Å². The molecule has 0 aliphatic carbocycles. The largest absolute Gasteiger partial charge is 0.496 e. The van der Waals surface area contributed by atoms with E-state index >= 15 is 0 Å². The molecule has 0 saturated carbocycles. The zero-order chi connectivity index (χ0) is 20.6. The van der Waals surface area contributed by atoms with E-state index in [1.54, 1.807) is 17.7 Å². The summed E-state index contributed by atoms with van der Waals surface area (Å²) in [5, 5.41) is 2.86. The number of amides is 1. The molecule has 150 valence electrons. The van der Waals surface area contributed by atoms with Crippen molar-refractivity contribution in [1.29, 1.82) is 0 Å². The van der Waals surface area contributed by atoms with Gasteiger partial charge in [-0.05, 0) is 24.1 Å². The Kier molecular flexibility index (Phi) is 6.85. The normalized spacial score (nSPS) is 10.6. The molecule has 0 aliphatic rings. The highest BCUT2D eigenvalue weighted by Gasteiger charge is 2.16. The molecule has 0 aliphatic heterocycles. The number of carbonyl (C=O) groups is 1. The van der Waals surface area contributed by atoms with Gasteiger partial charge >= 0.3 is 0 Å². The van der Waals surface area contributed by atoms with Gasteiger partial charge in [-0.2, -0.15) is 0 Å². The summed E-state index contributed by atoms with van der Waals surface area (Å²) in [6.45, 7) is 3.01. The summed E-state index contributed by atoms with van der Waals surface area (Å²) in [6, 6.07) is 18.9. The van der Waals surface area contributed by atoms with Gasteiger partial charge < -0.3 is 14.6 Å². The number of hydrogen-bond donors (Lipinski definition) is 1. The number of para-hydroxylation sites is 1. The topological polar surface area (TPSA) is 60.3 Å². The standard InChI is InChI=1S/C24H26N2O3/c1-3-4-14-26-17-19(20-12-8-9-13-22(20)29-2)15-21(24(26)28)23(27)25-16-18-10-6-5-7-11-18/h5-13,15,17H,3-4,14,16H2,1-2H3,(H,25,27). The van der Waals surface area contributed by atoms with Gasteiger partial charge in [0.05, 0.1) is 7.11 Å². The molecule has 1 amide bonds. The SMILES string of the molecule is CCCCn1cc(-c2ccccc2OC)cc(C(=O)NCc2ccccc2)c1=O. The van der Waals surface area contributed by atoms with E-state index < -0.39 is 0 Å². The highest BCUT2D eigenvalue weighted by molar-refractivity contribution is 5.95. The van der Waals surface area contributed by atoms with E-state index in [2.05, 4.69) is 12.2 Å². The first-order valence-electron chi connectivity index (χ1n) is 9.84. The van der Waals surface area contributed by atoms with E-state index in [1.165, 1.54) is 0 Å². The van der Waals surface area contributed by atoms with Crippen LogP contribution in [0.5, 0.6) is 5.75 Å². The summed E-state index contributed by atoms with van der Waals surface area (Å²) in [4.78, 5) is 25.8. The van der Waals surface area contributed by atoms with Crippen LogP contribution in [-0.2, 0) is 13.1 Å². The third kappa shape index (κ3) is 4.93. The molecule has 1 N–H and O–H groups in total. The van der Waals surface area contributed by atoms with E-state index in [-0.39, 0.29) is 17.0 Å². The van der Waals surface area contributed by atoms with Crippen molar-refractivity contribution in [1.82, 2.24) is 9.88 Å². The van der Waals surface area contributed by atoms with Crippen LogP contribution in [0.3, 0.4) is 0 Å². The smallest absolute Gasteiger partial charge is 0.263 e. The minimum absolute atomic E-state index is 0.139. The minimum Gasteiger partial charge on any atom is -0.496 e. The van der Waals surface area contributed by atoms with Gasteiger partial charge in [-0.15, -0.1) is 0 Å². The number of carbonyl (C=O) groups excluding carboxylic acids is 1. The molecule has 0 atom stereocenters. The molecule has 1 aromatic heterocycles. The lowest BCUT2D eigenvalue weighted by Crippen LogP contribution is -2.33. The van der Waals surface area contributed by atoms with Crippen LogP contribution < -0.4 is 15.6 Å². The third-order valence-corrected chi connectivity index (χ3v) is 4.80. The average molecular weight is 390 g/mol. The molecule has 0 saturated heterocycles. The van der Waals surface area contributed by atoms with Gasteiger partial charge in [-0.1, -0.05) is 61.9 Å². The lowest BCUT2D eigenvalue weighted by molar-refractivity contribution is 0.0948. The van der Waals surface area contributed by atoms with Crippen molar-refractivity contribution in [2.75, 3.05) is 7.11 Å². The van der Waals surface area contributed by atoms with E-state index in [9.17, 15) is 9.59 Å². The molecule has 2 aromatic carbocycles.